The number of carbonyl (C=O) groups excluding carboxylic acids is 1. The average molecular weight is 352 g/mol. The van der Waals surface area contributed by atoms with Crippen molar-refractivity contribution in [3.8, 4) is 0 Å². The fraction of sp³-hybridized carbons (Fsp3) is 0.300. The van der Waals surface area contributed by atoms with Crippen molar-refractivity contribution in [2.24, 2.45) is 0 Å². The molecule has 0 aromatic heterocycles. The first kappa shape index (κ1) is 13.5. The van der Waals surface area contributed by atoms with Crippen LogP contribution in [0.3, 0.4) is 0 Å². The van der Waals surface area contributed by atoms with E-state index in [1.54, 1.807) is 13.0 Å². The third kappa shape index (κ3) is 4.51. The molecular formula is C10H12Br2N2O2. The lowest BCUT2D eigenvalue weighted by molar-refractivity contribution is 0.190. The summed E-state index contributed by atoms with van der Waals surface area (Å²) in [5, 5.41) is 14.2. The van der Waals surface area contributed by atoms with E-state index in [2.05, 4.69) is 42.5 Å². The number of hydrogen-bond donors (Lipinski definition) is 3. The highest BCUT2D eigenvalue weighted by molar-refractivity contribution is 9.11. The molecule has 0 aliphatic rings. The van der Waals surface area contributed by atoms with Crippen LogP contribution in [-0.2, 0) is 0 Å². The van der Waals surface area contributed by atoms with Gasteiger partial charge in [-0.05, 0) is 41.1 Å². The van der Waals surface area contributed by atoms with Crippen LogP contribution >= 0.6 is 31.9 Å². The van der Waals surface area contributed by atoms with Crippen molar-refractivity contribution in [3.63, 3.8) is 0 Å². The number of carbonyl (C=O) groups is 1. The second kappa shape index (κ2) is 6.22. The number of hydrogen-bond acceptors (Lipinski definition) is 2. The summed E-state index contributed by atoms with van der Waals surface area (Å²) in [7, 11) is 0. The van der Waals surface area contributed by atoms with Crippen LogP contribution in [0.2, 0.25) is 0 Å². The predicted octanol–water partition coefficient (Wildman–Crippen LogP) is 2.71. The molecule has 1 atom stereocenters. The number of aliphatic hydroxyl groups excluding tert-OH is 1. The first-order valence-electron chi connectivity index (χ1n) is 4.67. The van der Waals surface area contributed by atoms with Crippen LogP contribution in [0.1, 0.15) is 6.92 Å². The van der Waals surface area contributed by atoms with E-state index in [-0.39, 0.29) is 12.6 Å². The quantitative estimate of drug-likeness (QED) is 0.784. The Hall–Kier alpha value is -0.590. The van der Waals surface area contributed by atoms with Crippen molar-refractivity contribution in [2.45, 2.75) is 13.0 Å². The standard InChI is InChI=1S/C10H12Br2N2O2/c1-6(15)5-13-10(16)14-9-3-2-7(11)4-8(9)12/h2-4,6,15H,5H2,1H3,(H2,13,14,16)/t6-/m0/s1. The van der Waals surface area contributed by atoms with E-state index < -0.39 is 6.10 Å². The number of urea groups is 1. The molecule has 0 heterocycles. The third-order valence-electron chi connectivity index (χ3n) is 1.74. The van der Waals surface area contributed by atoms with E-state index >= 15 is 0 Å². The van der Waals surface area contributed by atoms with Gasteiger partial charge in [0.1, 0.15) is 0 Å². The summed E-state index contributed by atoms with van der Waals surface area (Å²) >= 11 is 6.65. The zero-order valence-electron chi connectivity index (χ0n) is 8.63. The Balaban J connectivity index is 2.56. The second-order valence-electron chi connectivity index (χ2n) is 3.31. The molecule has 88 valence electrons. The summed E-state index contributed by atoms with van der Waals surface area (Å²) in [5.74, 6) is 0. The maximum atomic E-state index is 11.4. The van der Waals surface area contributed by atoms with E-state index in [0.29, 0.717) is 5.69 Å². The van der Waals surface area contributed by atoms with Gasteiger partial charge in [0, 0.05) is 15.5 Å². The van der Waals surface area contributed by atoms with Crippen molar-refractivity contribution in [2.75, 3.05) is 11.9 Å². The molecule has 16 heavy (non-hydrogen) atoms. The molecule has 0 aliphatic heterocycles. The first-order chi connectivity index (χ1) is 7.49. The first-order valence-corrected chi connectivity index (χ1v) is 6.25. The Labute approximate surface area is 111 Å². The van der Waals surface area contributed by atoms with Crippen LogP contribution in [0.25, 0.3) is 0 Å². The summed E-state index contributed by atoms with van der Waals surface area (Å²) in [6.07, 6.45) is -0.556. The maximum absolute atomic E-state index is 11.4. The van der Waals surface area contributed by atoms with E-state index in [1.807, 2.05) is 12.1 Å². The third-order valence-corrected chi connectivity index (χ3v) is 2.89. The zero-order valence-corrected chi connectivity index (χ0v) is 11.8. The number of aliphatic hydroxyl groups is 1. The fourth-order valence-corrected chi connectivity index (χ4v) is 2.14. The van der Waals surface area contributed by atoms with Crippen LogP contribution in [-0.4, -0.2) is 23.8 Å². The Morgan fingerprint density at radius 1 is 1.50 bits per heavy atom. The van der Waals surface area contributed by atoms with Gasteiger partial charge in [-0.3, -0.25) is 0 Å². The number of halogens is 2. The SMILES string of the molecule is C[C@H](O)CNC(=O)Nc1ccc(Br)cc1Br. The minimum absolute atomic E-state index is 0.222. The molecule has 1 aromatic carbocycles. The van der Waals surface area contributed by atoms with Crippen LogP contribution in [0.5, 0.6) is 0 Å². The van der Waals surface area contributed by atoms with Crippen LogP contribution in [0.4, 0.5) is 10.5 Å². The highest BCUT2D eigenvalue weighted by Gasteiger charge is 2.06. The molecule has 0 saturated carbocycles. The fourth-order valence-electron chi connectivity index (χ4n) is 0.998. The lowest BCUT2D eigenvalue weighted by atomic mass is 10.3. The molecule has 0 fully saturated rings. The monoisotopic (exact) mass is 350 g/mol. The molecule has 0 bridgehead atoms. The van der Waals surface area contributed by atoms with E-state index in [9.17, 15) is 4.79 Å². The van der Waals surface area contributed by atoms with Crippen LogP contribution in [0, 0.1) is 0 Å². The molecule has 0 spiro atoms. The van der Waals surface area contributed by atoms with Crippen molar-refractivity contribution >= 4 is 43.6 Å². The van der Waals surface area contributed by atoms with Crippen molar-refractivity contribution in [3.05, 3.63) is 27.1 Å². The van der Waals surface area contributed by atoms with Gasteiger partial charge in [-0.2, -0.15) is 0 Å². The summed E-state index contributed by atoms with van der Waals surface area (Å²) in [4.78, 5) is 11.4. The van der Waals surface area contributed by atoms with Gasteiger partial charge in [0.15, 0.2) is 0 Å². The van der Waals surface area contributed by atoms with Crippen molar-refractivity contribution in [1.29, 1.82) is 0 Å². The number of anilines is 1. The van der Waals surface area contributed by atoms with Gasteiger partial charge in [0.2, 0.25) is 0 Å². The Bertz CT molecular complexity index is 383. The molecule has 6 heteroatoms. The normalized spacial score (nSPS) is 12.0. The van der Waals surface area contributed by atoms with E-state index in [1.165, 1.54) is 0 Å². The Morgan fingerprint density at radius 3 is 2.75 bits per heavy atom. The van der Waals surface area contributed by atoms with Gasteiger partial charge in [-0.15, -0.1) is 0 Å². The molecule has 0 unspecified atom stereocenters. The van der Waals surface area contributed by atoms with Crippen LogP contribution < -0.4 is 10.6 Å². The molecule has 3 N–H and O–H groups in total. The van der Waals surface area contributed by atoms with E-state index in [0.717, 1.165) is 8.95 Å². The minimum atomic E-state index is -0.556. The smallest absolute Gasteiger partial charge is 0.319 e. The number of benzene rings is 1. The molecule has 1 aromatic rings. The predicted molar refractivity (Wildman–Crippen MR) is 70.5 cm³/mol. The van der Waals surface area contributed by atoms with Gasteiger partial charge < -0.3 is 15.7 Å². The Morgan fingerprint density at radius 2 is 2.19 bits per heavy atom. The summed E-state index contributed by atoms with van der Waals surface area (Å²) in [5.41, 5.74) is 0.672. The second-order valence-corrected chi connectivity index (χ2v) is 5.08. The summed E-state index contributed by atoms with van der Waals surface area (Å²) in [6.45, 7) is 1.83. The molecule has 0 saturated heterocycles. The highest BCUT2D eigenvalue weighted by atomic mass is 79.9. The van der Waals surface area contributed by atoms with Crippen LogP contribution in [0.15, 0.2) is 27.1 Å². The lowest BCUT2D eigenvalue weighted by Crippen LogP contribution is -2.34. The molecule has 2 amide bonds. The lowest BCUT2D eigenvalue weighted by Gasteiger charge is -2.10. The Kier molecular flexibility index (Phi) is 5.24. The summed E-state index contributed by atoms with van der Waals surface area (Å²) in [6, 6.07) is 5.10. The molecular weight excluding hydrogens is 340 g/mol. The van der Waals surface area contributed by atoms with E-state index in [4.69, 9.17) is 5.11 Å². The van der Waals surface area contributed by atoms with Gasteiger partial charge in [0.25, 0.3) is 0 Å². The van der Waals surface area contributed by atoms with Gasteiger partial charge in [0.05, 0.1) is 11.8 Å². The van der Waals surface area contributed by atoms with Gasteiger partial charge in [-0.1, -0.05) is 15.9 Å². The zero-order chi connectivity index (χ0) is 12.1. The summed E-state index contributed by atoms with van der Waals surface area (Å²) < 4.78 is 1.71. The van der Waals surface area contributed by atoms with Crippen molar-refractivity contribution < 1.29 is 9.90 Å². The maximum Gasteiger partial charge on any atom is 0.319 e. The molecule has 1 rings (SSSR count). The largest absolute Gasteiger partial charge is 0.392 e. The molecule has 0 radical (unpaired) electrons. The number of amides is 2. The van der Waals surface area contributed by atoms with Gasteiger partial charge >= 0.3 is 6.03 Å². The molecule has 4 nitrogen and oxygen atoms in total. The minimum Gasteiger partial charge on any atom is -0.392 e. The highest BCUT2D eigenvalue weighted by Crippen LogP contribution is 2.25. The average Bonchev–Trinajstić information content (AvgIpc) is 2.19. The van der Waals surface area contributed by atoms with Crippen molar-refractivity contribution in [1.82, 2.24) is 5.32 Å². The van der Waals surface area contributed by atoms with Gasteiger partial charge in [-0.25, -0.2) is 4.79 Å². The molecule has 0 aliphatic carbocycles. The number of rotatable bonds is 3. The topological polar surface area (TPSA) is 61.4 Å². The number of nitrogens with one attached hydrogen (secondary N) is 2.